The van der Waals surface area contributed by atoms with Gasteiger partial charge in [0.05, 0.1) is 0 Å². The number of alkyl halides is 1. The molecule has 1 nitrogen and oxygen atoms in total. The van der Waals surface area contributed by atoms with Crippen LogP contribution in [0.3, 0.4) is 0 Å². The van der Waals surface area contributed by atoms with Gasteiger partial charge in [-0.25, -0.2) is 0 Å². The second-order valence-corrected chi connectivity index (χ2v) is 5.65. The third kappa shape index (κ3) is 3.11. The third-order valence-corrected chi connectivity index (χ3v) is 4.11. The molecular weight excluding hydrogens is 296 g/mol. The normalized spacial score (nSPS) is 10.5. The van der Waals surface area contributed by atoms with E-state index in [0.717, 1.165) is 11.1 Å². The fraction of sp³-hybridized carbons (Fsp3) is 0.286. The molecule has 0 amide bonds. The highest BCUT2D eigenvalue weighted by Crippen LogP contribution is 2.27. The summed E-state index contributed by atoms with van der Waals surface area (Å²) in [6.07, 6.45) is 0. The van der Waals surface area contributed by atoms with Crippen LogP contribution in [0.1, 0.15) is 21.6 Å². The molecule has 1 heterocycles. The van der Waals surface area contributed by atoms with Crippen LogP contribution in [0.2, 0.25) is 0 Å². The van der Waals surface area contributed by atoms with Gasteiger partial charge in [-0.15, -0.1) is 11.3 Å². The topological polar surface area (TPSA) is 9.23 Å². The number of rotatable bonds is 4. The molecule has 0 atom stereocenters. The van der Waals surface area contributed by atoms with Gasteiger partial charge in [0.15, 0.2) is 0 Å². The van der Waals surface area contributed by atoms with Gasteiger partial charge >= 0.3 is 0 Å². The van der Waals surface area contributed by atoms with Crippen LogP contribution < -0.4 is 4.74 Å². The van der Waals surface area contributed by atoms with Crippen LogP contribution in [0.25, 0.3) is 0 Å². The molecule has 3 heteroatoms. The quantitative estimate of drug-likeness (QED) is 0.734. The van der Waals surface area contributed by atoms with Crippen molar-refractivity contribution in [3.63, 3.8) is 0 Å². The van der Waals surface area contributed by atoms with E-state index < -0.39 is 0 Å². The molecule has 2 rings (SSSR count). The average molecular weight is 311 g/mol. The van der Waals surface area contributed by atoms with E-state index >= 15 is 0 Å². The Balaban J connectivity index is 2.15. The molecule has 1 aromatic carbocycles. The van der Waals surface area contributed by atoms with E-state index in [-0.39, 0.29) is 0 Å². The standard InChI is InChI=1S/C14H15BrOS/c1-10-6-12(8-15)7-11(2)14(10)16-9-13-4-3-5-17-13/h3-7H,8-9H2,1-2H3. The third-order valence-electron chi connectivity index (χ3n) is 2.61. The maximum absolute atomic E-state index is 5.91. The molecule has 0 radical (unpaired) electrons. The molecule has 90 valence electrons. The number of aryl methyl sites for hydroxylation is 2. The maximum Gasteiger partial charge on any atom is 0.125 e. The highest BCUT2D eigenvalue weighted by atomic mass is 79.9. The lowest BCUT2D eigenvalue weighted by Crippen LogP contribution is -1.98. The van der Waals surface area contributed by atoms with E-state index in [2.05, 4.69) is 59.4 Å². The minimum atomic E-state index is 0.660. The molecule has 1 aromatic heterocycles. The van der Waals surface area contributed by atoms with E-state index in [9.17, 15) is 0 Å². The Kier molecular flexibility index (Phi) is 4.24. The summed E-state index contributed by atoms with van der Waals surface area (Å²) in [6, 6.07) is 8.50. The number of hydrogen-bond donors (Lipinski definition) is 0. The van der Waals surface area contributed by atoms with Crippen molar-refractivity contribution in [3.8, 4) is 5.75 Å². The summed E-state index contributed by atoms with van der Waals surface area (Å²) in [5, 5.41) is 2.96. The minimum Gasteiger partial charge on any atom is -0.488 e. The lowest BCUT2D eigenvalue weighted by Gasteiger charge is -2.12. The molecule has 0 fully saturated rings. The molecule has 0 spiro atoms. The van der Waals surface area contributed by atoms with Crippen molar-refractivity contribution in [2.45, 2.75) is 25.8 Å². The van der Waals surface area contributed by atoms with Gasteiger partial charge in [-0.3, -0.25) is 0 Å². The second kappa shape index (κ2) is 5.69. The number of thiophene rings is 1. The summed E-state index contributed by atoms with van der Waals surface area (Å²) in [5.41, 5.74) is 3.70. The van der Waals surface area contributed by atoms with Crippen molar-refractivity contribution in [1.82, 2.24) is 0 Å². The van der Waals surface area contributed by atoms with Crippen LogP contribution in [-0.2, 0) is 11.9 Å². The lowest BCUT2D eigenvalue weighted by atomic mass is 10.1. The van der Waals surface area contributed by atoms with Crippen molar-refractivity contribution in [3.05, 3.63) is 51.2 Å². The molecule has 0 aliphatic heterocycles. The molecule has 0 unspecified atom stereocenters. The summed E-state index contributed by atoms with van der Waals surface area (Å²) in [6.45, 7) is 4.86. The van der Waals surface area contributed by atoms with Crippen LogP contribution in [0.15, 0.2) is 29.6 Å². The highest BCUT2D eigenvalue weighted by molar-refractivity contribution is 9.08. The smallest absolute Gasteiger partial charge is 0.125 e. The zero-order valence-corrected chi connectivity index (χ0v) is 12.4. The molecule has 0 saturated carbocycles. The molecule has 0 N–H and O–H groups in total. The number of ether oxygens (including phenoxy) is 1. The molecule has 0 bridgehead atoms. The zero-order valence-electron chi connectivity index (χ0n) is 10.00. The van der Waals surface area contributed by atoms with E-state index in [4.69, 9.17) is 4.74 Å². The van der Waals surface area contributed by atoms with Gasteiger partial charge in [-0.2, -0.15) is 0 Å². The Bertz CT molecular complexity index is 468. The van der Waals surface area contributed by atoms with Crippen LogP contribution in [-0.4, -0.2) is 0 Å². The molecular formula is C14H15BrOS. The fourth-order valence-electron chi connectivity index (χ4n) is 1.88. The Morgan fingerprint density at radius 2 is 1.94 bits per heavy atom. The highest BCUT2D eigenvalue weighted by Gasteiger charge is 2.06. The van der Waals surface area contributed by atoms with Crippen molar-refractivity contribution < 1.29 is 4.74 Å². The molecule has 0 aliphatic rings. The summed E-state index contributed by atoms with van der Waals surface area (Å²) in [4.78, 5) is 1.26. The Labute approximate surface area is 115 Å². The van der Waals surface area contributed by atoms with Crippen LogP contribution in [0.4, 0.5) is 0 Å². The number of benzene rings is 1. The van der Waals surface area contributed by atoms with E-state index in [1.807, 2.05) is 0 Å². The van der Waals surface area contributed by atoms with Gasteiger partial charge in [0.25, 0.3) is 0 Å². The van der Waals surface area contributed by atoms with Crippen LogP contribution in [0.5, 0.6) is 5.75 Å². The number of halogens is 1. The van der Waals surface area contributed by atoms with Gasteiger partial charge in [0.2, 0.25) is 0 Å². The van der Waals surface area contributed by atoms with Crippen LogP contribution in [0, 0.1) is 13.8 Å². The SMILES string of the molecule is Cc1cc(CBr)cc(C)c1OCc1cccs1. The van der Waals surface area contributed by atoms with E-state index in [1.54, 1.807) is 11.3 Å². The van der Waals surface area contributed by atoms with Crippen molar-refractivity contribution in [2.75, 3.05) is 0 Å². The van der Waals surface area contributed by atoms with Gasteiger partial charge < -0.3 is 4.74 Å². The average Bonchev–Trinajstić information content (AvgIpc) is 2.80. The Morgan fingerprint density at radius 1 is 1.24 bits per heavy atom. The zero-order chi connectivity index (χ0) is 12.3. The van der Waals surface area contributed by atoms with Gasteiger partial charge in [0, 0.05) is 10.2 Å². The molecule has 17 heavy (non-hydrogen) atoms. The monoisotopic (exact) mass is 310 g/mol. The summed E-state index contributed by atoms with van der Waals surface area (Å²) < 4.78 is 5.91. The largest absolute Gasteiger partial charge is 0.488 e. The molecule has 2 aromatic rings. The number of hydrogen-bond acceptors (Lipinski definition) is 2. The molecule has 0 saturated heterocycles. The van der Waals surface area contributed by atoms with Crippen molar-refractivity contribution in [1.29, 1.82) is 0 Å². The lowest BCUT2D eigenvalue weighted by molar-refractivity contribution is 0.305. The first kappa shape index (κ1) is 12.7. The van der Waals surface area contributed by atoms with E-state index in [0.29, 0.717) is 6.61 Å². The van der Waals surface area contributed by atoms with Gasteiger partial charge in [-0.1, -0.05) is 34.1 Å². The Morgan fingerprint density at radius 3 is 2.47 bits per heavy atom. The maximum atomic E-state index is 5.91. The summed E-state index contributed by atoms with van der Waals surface area (Å²) >= 11 is 5.21. The predicted octanol–water partition coefficient (Wildman–Crippen LogP) is 4.84. The van der Waals surface area contributed by atoms with E-state index in [1.165, 1.54) is 21.6 Å². The first-order chi connectivity index (χ1) is 8.20. The first-order valence-corrected chi connectivity index (χ1v) is 7.52. The summed E-state index contributed by atoms with van der Waals surface area (Å²) in [5.74, 6) is 1.02. The summed E-state index contributed by atoms with van der Waals surface area (Å²) in [7, 11) is 0. The van der Waals surface area contributed by atoms with Crippen molar-refractivity contribution >= 4 is 27.3 Å². The fourth-order valence-corrected chi connectivity index (χ4v) is 2.82. The van der Waals surface area contributed by atoms with Crippen LogP contribution >= 0.6 is 27.3 Å². The molecule has 0 aliphatic carbocycles. The first-order valence-electron chi connectivity index (χ1n) is 5.52. The minimum absolute atomic E-state index is 0.660. The Hall–Kier alpha value is -0.800. The van der Waals surface area contributed by atoms with Crippen molar-refractivity contribution in [2.24, 2.45) is 0 Å². The predicted molar refractivity (Wildman–Crippen MR) is 77.2 cm³/mol. The second-order valence-electron chi connectivity index (χ2n) is 4.06. The van der Waals surface area contributed by atoms with Gasteiger partial charge in [0.1, 0.15) is 12.4 Å². The van der Waals surface area contributed by atoms with Gasteiger partial charge in [-0.05, 0) is 42.0 Å².